The van der Waals surface area contributed by atoms with Crippen molar-refractivity contribution in [1.82, 2.24) is 0 Å². The first-order valence-electron chi connectivity index (χ1n) is 6.35. The molecular formula is C16H16FNO2. The molecule has 2 aromatic carbocycles. The molecule has 3 nitrogen and oxygen atoms in total. The molecule has 4 heteroatoms. The maximum atomic E-state index is 13.4. The monoisotopic (exact) mass is 273 g/mol. The van der Waals surface area contributed by atoms with E-state index in [0.29, 0.717) is 17.0 Å². The molecule has 0 aromatic heterocycles. The third-order valence-corrected chi connectivity index (χ3v) is 2.86. The second-order valence-electron chi connectivity index (χ2n) is 4.53. The van der Waals surface area contributed by atoms with Crippen molar-refractivity contribution < 1.29 is 13.9 Å². The molecule has 2 aromatic rings. The van der Waals surface area contributed by atoms with Gasteiger partial charge in [-0.3, -0.25) is 4.79 Å². The Hall–Kier alpha value is -2.36. The van der Waals surface area contributed by atoms with Gasteiger partial charge >= 0.3 is 0 Å². The third-order valence-electron chi connectivity index (χ3n) is 2.86. The number of hydrogen-bond donors (Lipinski definition) is 1. The number of rotatable bonds is 4. The molecule has 1 atom stereocenters. The van der Waals surface area contributed by atoms with Crippen molar-refractivity contribution in [2.24, 2.45) is 0 Å². The summed E-state index contributed by atoms with van der Waals surface area (Å²) < 4.78 is 18.9. The van der Waals surface area contributed by atoms with Gasteiger partial charge in [-0.05, 0) is 43.7 Å². The molecular weight excluding hydrogens is 257 g/mol. The fraction of sp³-hybridized carbons (Fsp3) is 0.188. The van der Waals surface area contributed by atoms with Crippen molar-refractivity contribution in [1.29, 1.82) is 0 Å². The molecule has 0 radical (unpaired) electrons. The van der Waals surface area contributed by atoms with Crippen LogP contribution in [0, 0.1) is 12.7 Å². The summed E-state index contributed by atoms with van der Waals surface area (Å²) in [6.45, 7) is 3.31. The predicted molar refractivity (Wildman–Crippen MR) is 76.3 cm³/mol. The zero-order valence-corrected chi connectivity index (χ0v) is 11.4. The van der Waals surface area contributed by atoms with Crippen LogP contribution in [0.25, 0.3) is 0 Å². The molecule has 0 bridgehead atoms. The molecule has 2 rings (SSSR count). The molecule has 0 fully saturated rings. The summed E-state index contributed by atoms with van der Waals surface area (Å²) in [5.41, 5.74) is 0.957. The molecule has 0 aliphatic carbocycles. The Morgan fingerprint density at radius 3 is 2.55 bits per heavy atom. The van der Waals surface area contributed by atoms with Crippen LogP contribution in [0.15, 0.2) is 48.5 Å². The normalized spacial score (nSPS) is 11.8. The van der Waals surface area contributed by atoms with Crippen molar-refractivity contribution in [3.63, 3.8) is 0 Å². The lowest BCUT2D eigenvalue weighted by Crippen LogP contribution is -2.30. The van der Waals surface area contributed by atoms with Gasteiger partial charge in [0.2, 0.25) is 0 Å². The van der Waals surface area contributed by atoms with E-state index in [-0.39, 0.29) is 11.7 Å². The molecule has 0 aliphatic rings. The molecule has 0 saturated carbocycles. The number of anilines is 1. The lowest BCUT2D eigenvalue weighted by atomic mass is 10.2. The van der Waals surface area contributed by atoms with E-state index >= 15 is 0 Å². The fourth-order valence-electron chi connectivity index (χ4n) is 1.67. The first kappa shape index (κ1) is 14.1. The van der Waals surface area contributed by atoms with E-state index in [0.717, 1.165) is 0 Å². The van der Waals surface area contributed by atoms with Crippen LogP contribution in [0.2, 0.25) is 0 Å². The average Bonchev–Trinajstić information content (AvgIpc) is 2.44. The number of carbonyl (C=O) groups is 1. The maximum absolute atomic E-state index is 13.4. The molecule has 20 heavy (non-hydrogen) atoms. The standard InChI is InChI=1S/C16H16FNO2/c1-11-8-9-13(10-15(11)17)18-16(19)12(2)20-14-6-4-3-5-7-14/h3-10,12H,1-2H3,(H,18,19). The largest absolute Gasteiger partial charge is 0.481 e. The number of amides is 1. The van der Waals surface area contributed by atoms with Gasteiger partial charge in [0.1, 0.15) is 11.6 Å². The quantitative estimate of drug-likeness (QED) is 0.925. The third kappa shape index (κ3) is 3.57. The SMILES string of the molecule is Cc1ccc(NC(=O)C(C)Oc2ccccc2)cc1F. The van der Waals surface area contributed by atoms with E-state index in [1.807, 2.05) is 18.2 Å². The highest BCUT2D eigenvalue weighted by Crippen LogP contribution is 2.15. The molecule has 104 valence electrons. The van der Waals surface area contributed by atoms with Gasteiger partial charge in [0.25, 0.3) is 5.91 Å². The number of hydrogen-bond acceptors (Lipinski definition) is 2. The van der Waals surface area contributed by atoms with Crippen LogP contribution >= 0.6 is 0 Å². The summed E-state index contributed by atoms with van der Waals surface area (Å²) in [6, 6.07) is 13.6. The Morgan fingerprint density at radius 2 is 1.90 bits per heavy atom. The highest BCUT2D eigenvalue weighted by molar-refractivity contribution is 5.94. The zero-order valence-electron chi connectivity index (χ0n) is 11.4. The second kappa shape index (κ2) is 6.19. The molecule has 1 amide bonds. The minimum Gasteiger partial charge on any atom is -0.481 e. The van der Waals surface area contributed by atoms with Gasteiger partial charge in [-0.1, -0.05) is 24.3 Å². The maximum Gasteiger partial charge on any atom is 0.265 e. The summed E-state index contributed by atoms with van der Waals surface area (Å²) in [4.78, 5) is 12.0. The predicted octanol–water partition coefficient (Wildman–Crippen LogP) is 3.54. The van der Waals surface area contributed by atoms with Gasteiger partial charge < -0.3 is 10.1 Å². The second-order valence-corrected chi connectivity index (χ2v) is 4.53. The number of halogens is 1. The van der Waals surface area contributed by atoms with Crippen LogP contribution in [-0.2, 0) is 4.79 Å². The molecule has 0 spiro atoms. The first-order valence-corrected chi connectivity index (χ1v) is 6.35. The van der Waals surface area contributed by atoms with Crippen LogP contribution in [0.3, 0.4) is 0 Å². The smallest absolute Gasteiger partial charge is 0.265 e. The Labute approximate surface area is 117 Å². The van der Waals surface area contributed by atoms with Gasteiger partial charge in [0.05, 0.1) is 0 Å². The summed E-state index contributed by atoms with van der Waals surface area (Å²) in [7, 11) is 0. The van der Waals surface area contributed by atoms with E-state index in [4.69, 9.17) is 4.74 Å². The Morgan fingerprint density at radius 1 is 1.20 bits per heavy atom. The van der Waals surface area contributed by atoms with E-state index in [1.165, 1.54) is 6.07 Å². The summed E-state index contributed by atoms with van der Waals surface area (Å²) >= 11 is 0. The number of carbonyl (C=O) groups excluding carboxylic acids is 1. The van der Waals surface area contributed by atoms with Crippen molar-refractivity contribution in [3.05, 3.63) is 59.9 Å². The van der Waals surface area contributed by atoms with E-state index < -0.39 is 6.10 Å². The minimum absolute atomic E-state index is 0.322. The van der Waals surface area contributed by atoms with Crippen molar-refractivity contribution in [3.8, 4) is 5.75 Å². The lowest BCUT2D eigenvalue weighted by Gasteiger charge is -2.14. The highest BCUT2D eigenvalue weighted by atomic mass is 19.1. The van der Waals surface area contributed by atoms with Gasteiger partial charge in [-0.2, -0.15) is 0 Å². The number of aryl methyl sites for hydroxylation is 1. The molecule has 0 saturated heterocycles. The van der Waals surface area contributed by atoms with Gasteiger partial charge in [-0.15, -0.1) is 0 Å². The fourth-order valence-corrected chi connectivity index (χ4v) is 1.67. The summed E-state index contributed by atoms with van der Waals surface area (Å²) in [5.74, 6) is -0.0539. The van der Waals surface area contributed by atoms with Crippen LogP contribution in [0.4, 0.5) is 10.1 Å². The van der Waals surface area contributed by atoms with Crippen molar-refractivity contribution in [2.45, 2.75) is 20.0 Å². The molecule has 1 unspecified atom stereocenters. The molecule has 0 heterocycles. The van der Waals surface area contributed by atoms with Gasteiger partial charge in [0, 0.05) is 5.69 Å². The summed E-state index contributed by atoms with van der Waals surface area (Å²) in [5, 5.41) is 2.63. The van der Waals surface area contributed by atoms with Crippen LogP contribution in [0.1, 0.15) is 12.5 Å². The van der Waals surface area contributed by atoms with Crippen LogP contribution in [0.5, 0.6) is 5.75 Å². The van der Waals surface area contributed by atoms with E-state index in [9.17, 15) is 9.18 Å². The molecule has 1 N–H and O–H groups in total. The van der Waals surface area contributed by atoms with Crippen LogP contribution < -0.4 is 10.1 Å². The number of benzene rings is 2. The topological polar surface area (TPSA) is 38.3 Å². The van der Waals surface area contributed by atoms with E-state index in [2.05, 4.69) is 5.32 Å². The Bertz CT molecular complexity index is 599. The minimum atomic E-state index is -0.665. The summed E-state index contributed by atoms with van der Waals surface area (Å²) in [6.07, 6.45) is -0.665. The Balaban J connectivity index is 1.99. The Kier molecular flexibility index (Phi) is 4.35. The van der Waals surface area contributed by atoms with Gasteiger partial charge in [-0.25, -0.2) is 4.39 Å². The highest BCUT2D eigenvalue weighted by Gasteiger charge is 2.15. The van der Waals surface area contributed by atoms with Crippen LogP contribution in [-0.4, -0.2) is 12.0 Å². The zero-order chi connectivity index (χ0) is 14.5. The average molecular weight is 273 g/mol. The van der Waals surface area contributed by atoms with Crippen molar-refractivity contribution in [2.75, 3.05) is 5.32 Å². The van der Waals surface area contributed by atoms with Gasteiger partial charge in [0.15, 0.2) is 6.10 Å². The lowest BCUT2D eigenvalue weighted by molar-refractivity contribution is -0.122. The number of nitrogens with one attached hydrogen (secondary N) is 1. The first-order chi connectivity index (χ1) is 9.56. The molecule has 0 aliphatic heterocycles. The number of para-hydroxylation sites is 1. The van der Waals surface area contributed by atoms with E-state index in [1.54, 1.807) is 38.1 Å². The van der Waals surface area contributed by atoms with Crippen molar-refractivity contribution >= 4 is 11.6 Å². The number of ether oxygens (including phenoxy) is 1.